The zero-order chi connectivity index (χ0) is 37.8. The fourth-order valence-electron chi connectivity index (χ4n) is 5.88. The summed E-state index contributed by atoms with van der Waals surface area (Å²) in [5.41, 5.74) is 0. The standard InChI is InChI=1S/C47H82O5/c1-4-7-10-13-16-19-22-23-24-25-27-28-31-34-37-40-46(48)51-44-45(43-50-42-39-36-33-30-21-18-15-12-9-6-3)52-47(49)41-38-35-32-29-26-20-17-14-11-8-5-2/h7,10,16,19,23-24,27-28,34,37,45H,4-6,8-9,11-15,17-18,20-22,25-26,29-33,35-36,38-44H2,1-3H3/b10-7-,19-16-,24-23-,28-27-,37-34-. The van der Waals surface area contributed by atoms with Gasteiger partial charge in [-0.25, -0.2) is 0 Å². The number of hydrogen-bond acceptors (Lipinski definition) is 5. The third kappa shape index (κ3) is 40.4. The van der Waals surface area contributed by atoms with Crippen LogP contribution in [0.2, 0.25) is 0 Å². The van der Waals surface area contributed by atoms with Crippen molar-refractivity contribution in [1.82, 2.24) is 0 Å². The summed E-state index contributed by atoms with van der Waals surface area (Å²) >= 11 is 0. The molecule has 0 aromatic heterocycles. The highest BCUT2D eigenvalue weighted by atomic mass is 16.6. The van der Waals surface area contributed by atoms with Gasteiger partial charge in [0.25, 0.3) is 0 Å². The van der Waals surface area contributed by atoms with Gasteiger partial charge in [0.05, 0.1) is 13.0 Å². The van der Waals surface area contributed by atoms with Crippen molar-refractivity contribution in [2.24, 2.45) is 0 Å². The highest BCUT2D eigenvalue weighted by Crippen LogP contribution is 2.13. The average Bonchev–Trinajstić information content (AvgIpc) is 3.14. The molecule has 0 aliphatic heterocycles. The molecule has 300 valence electrons. The van der Waals surface area contributed by atoms with Crippen LogP contribution in [0, 0.1) is 0 Å². The second kappa shape index (κ2) is 43.0. The van der Waals surface area contributed by atoms with E-state index in [0.29, 0.717) is 13.0 Å². The number of esters is 2. The van der Waals surface area contributed by atoms with Crippen molar-refractivity contribution in [3.8, 4) is 0 Å². The Morgan fingerprint density at radius 3 is 1.31 bits per heavy atom. The van der Waals surface area contributed by atoms with Crippen molar-refractivity contribution in [1.29, 1.82) is 0 Å². The van der Waals surface area contributed by atoms with Gasteiger partial charge in [0.1, 0.15) is 6.61 Å². The maximum absolute atomic E-state index is 12.7. The minimum absolute atomic E-state index is 0.0333. The molecule has 0 fully saturated rings. The van der Waals surface area contributed by atoms with E-state index in [1.54, 1.807) is 0 Å². The van der Waals surface area contributed by atoms with Crippen LogP contribution in [0.5, 0.6) is 0 Å². The van der Waals surface area contributed by atoms with Crippen molar-refractivity contribution in [3.05, 3.63) is 60.8 Å². The van der Waals surface area contributed by atoms with E-state index in [4.69, 9.17) is 14.2 Å². The Hall–Kier alpha value is -2.40. The molecule has 0 rings (SSSR count). The maximum Gasteiger partial charge on any atom is 0.309 e. The largest absolute Gasteiger partial charge is 0.461 e. The SMILES string of the molecule is CC/C=C\C/C=C\C/C=C\C/C=C\C/C=C\CC(=O)OCC(COCCCCCCCCCCCC)OC(=O)CCCCCCCCCCCCC. The lowest BCUT2D eigenvalue weighted by molar-refractivity contribution is -0.162. The van der Waals surface area contributed by atoms with Crippen LogP contribution in [0.25, 0.3) is 0 Å². The van der Waals surface area contributed by atoms with E-state index in [1.807, 2.05) is 12.2 Å². The fraction of sp³-hybridized carbons (Fsp3) is 0.745. The zero-order valence-corrected chi connectivity index (χ0v) is 34.3. The first kappa shape index (κ1) is 49.6. The highest BCUT2D eigenvalue weighted by Gasteiger charge is 2.17. The fourth-order valence-corrected chi connectivity index (χ4v) is 5.88. The van der Waals surface area contributed by atoms with Crippen molar-refractivity contribution < 1.29 is 23.8 Å². The Balaban J connectivity index is 4.37. The minimum atomic E-state index is -0.569. The molecule has 0 saturated carbocycles. The van der Waals surface area contributed by atoms with Crippen LogP contribution in [0.15, 0.2) is 60.8 Å². The van der Waals surface area contributed by atoms with Gasteiger partial charge in [0.2, 0.25) is 0 Å². The first-order chi connectivity index (χ1) is 25.6. The molecule has 0 N–H and O–H groups in total. The summed E-state index contributed by atoms with van der Waals surface area (Å²) in [5, 5.41) is 0. The van der Waals surface area contributed by atoms with E-state index in [9.17, 15) is 9.59 Å². The first-order valence-electron chi connectivity index (χ1n) is 21.8. The van der Waals surface area contributed by atoms with Gasteiger partial charge in [-0.2, -0.15) is 0 Å². The number of unbranched alkanes of at least 4 members (excludes halogenated alkanes) is 19. The Bertz CT molecular complexity index is 915. The highest BCUT2D eigenvalue weighted by molar-refractivity contribution is 5.71. The Morgan fingerprint density at radius 1 is 0.442 bits per heavy atom. The summed E-state index contributed by atoms with van der Waals surface area (Å²) in [6, 6.07) is 0. The summed E-state index contributed by atoms with van der Waals surface area (Å²) in [5.74, 6) is -0.542. The number of hydrogen-bond donors (Lipinski definition) is 0. The Morgan fingerprint density at radius 2 is 0.846 bits per heavy atom. The van der Waals surface area contributed by atoms with E-state index >= 15 is 0 Å². The molecule has 5 heteroatoms. The molecule has 1 unspecified atom stereocenters. The van der Waals surface area contributed by atoms with Crippen LogP contribution in [0.4, 0.5) is 0 Å². The molecule has 52 heavy (non-hydrogen) atoms. The second-order valence-corrected chi connectivity index (χ2v) is 14.2. The first-order valence-corrected chi connectivity index (χ1v) is 21.8. The van der Waals surface area contributed by atoms with Crippen LogP contribution in [-0.2, 0) is 23.8 Å². The molecular formula is C47H82O5. The van der Waals surface area contributed by atoms with Crippen LogP contribution < -0.4 is 0 Å². The molecular weight excluding hydrogens is 645 g/mol. The summed E-state index contributed by atoms with van der Waals surface area (Å²) in [6.07, 6.45) is 52.4. The Kier molecular flexibility index (Phi) is 41.0. The predicted octanol–water partition coefficient (Wildman–Crippen LogP) is 14.2. The van der Waals surface area contributed by atoms with Gasteiger partial charge in [-0.1, -0.05) is 204 Å². The lowest BCUT2D eigenvalue weighted by Crippen LogP contribution is -2.30. The molecule has 0 bridgehead atoms. The average molecular weight is 727 g/mol. The summed E-state index contributed by atoms with van der Waals surface area (Å²) in [7, 11) is 0. The number of rotatable bonds is 39. The number of carbonyl (C=O) groups is 2. The predicted molar refractivity (Wildman–Crippen MR) is 224 cm³/mol. The van der Waals surface area contributed by atoms with Crippen LogP contribution in [0.3, 0.4) is 0 Å². The molecule has 0 aromatic carbocycles. The lowest BCUT2D eigenvalue weighted by Gasteiger charge is -2.18. The zero-order valence-electron chi connectivity index (χ0n) is 34.3. The number of ether oxygens (including phenoxy) is 3. The molecule has 0 radical (unpaired) electrons. The summed E-state index contributed by atoms with van der Waals surface area (Å²) in [6.45, 7) is 7.60. The van der Waals surface area contributed by atoms with Gasteiger partial charge < -0.3 is 14.2 Å². The molecule has 0 aliphatic rings. The molecule has 0 heterocycles. The number of carbonyl (C=O) groups excluding carboxylic acids is 2. The third-order valence-electron chi connectivity index (χ3n) is 9.10. The second-order valence-electron chi connectivity index (χ2n) is 14.2. The lowest BCUT2D eigenvalue weighted by atomic mass is 10.1. The van der Waals surface area contributed by atoms with E-state index in [0.717, 1.165) is 57.8 Å². The van der Waals surface area contributed by atoms with Crippen LogP contribution >= 0.6 is 0 Å². The van der Waals surface area contributed by atoms with Gasteiger partial charge in [-0.3, -0.25) is 9.59 Å². The normalized spacial score (nSPS) is 12.8. The van der Waals surface area contributed by atoms with E-state index in [-0.39, 0.29) is 31.6 Å². The van der Waals surface area contributed by atoms with Crippen LogP contribution in [0.1, 0.15) is 201 Å². The van der Waals surface area contributed by atoms with Gasteiger partial charge in [0, 0.05) is 13.0 Å². The molecule has 5 nitrogen and oxygen atoms in total. The Labute approximate surface area is 322 Å². The van der Waals surface area contributed by atoms with E-state index < -0.39 is 6.10 Å². The van der Waals surface area contributed by atoms with Crippen LogP contribution in [-0.4, -0.2) is 37.9 Å². The smallest absolute Gasteiger partial charge is 0.309 e. The monoisotopic (exact) mass is 727 g/mol. The van der Waals surface area contributed by atoms with Crippen molar-refractivity contribution in [2.45, 2.75) is 207 Å². The molecule has 0 saturated heterocycles. The van der Waals surface area contributed by atoms with Gasteiger partial charge in [-0.05, 0) is 44.9 Å². The van der Waals surface area contributed by atoms with Gasteiger partial charge in [0.15, 0.2) is 6.10 Å². The molecule has 0 spiro atoms. The number of allylic oxidation sites excluding steroid dienone is 9. The maximum atomic E-state index is 12.7. The minimum Gasteiger partial charge on any atom is -0.461 e. The van der Waals surface area contributed by atoms with Gasteiger partial charge >= 0.3 is 11.9 Å². The van der Waals surface area contributed by atoms with E-state index in [2.05, 4.69) is 69.4 Å². The summed E-state index contributed by atoms with van der Waals surface area (Å²) in [4.78, 5) is 25.1. The molecule has 0 amide bonds. The molecule has 0 aliphatic carbocycles. The quantitative estimate of drug-likeness (QED) is 0.0358. The van der Waals surface area contributed by atoms with Crippen molar-refractivity contribution in [2.75, 3.05) is 19.8 Å². The topological polar surface area (TPSA) is 61.8 Å². The summed E-state index contributed by atoms with van der Waals surface area (Å²) < 4.78 is 17.2. The molecule has 1 atom stereocenters. The molecule has 0 aromatic rings. The van der Waals surface area contributed by atoms with E-state index in [1.165, 1.54) is 109 Å². The van der Waals surface area contributed by atoms with Crippen molar-refractivity contribution >= 4 is 11.9 Å². The van der Waals surface area contributed by atoms with Gasteiger partial charge in [-0.15, -0.1) is 0 Å². The third-order valence-corrected chi connectivity index (χ3v) is 9.10. The van der Waals surface area contributed by atoms with Crippen molar-refractivity contribution in [3.63, 3.8) is 0 Å².